The SMILES string of the molecule is CCOc1nc(N)nc(SCc2cccc(C)c2)n1. The summed E-state index contributed by atoms with van der Waals surface area (Å²) < 4.78 is 5.24. The van der Waals surface area contributed by atoms with Gasteiger partial charge >= 0.3 is 6.01 Å². The van der Waals surface area contributed by atoms with E-state index in [1.165, 1.54) is 22.9 Å². The lowest BCUT2D eigenvalue weighted by atomic mass is 10.2. The summed E-state index contributed by atoms with van der Waals surface area (Å²) in [6.07, 6.45) is 0. The fourth-order valence-electron chi connectivity index (χ4n) is 1.56. The van der Waals surface area contributed by atoms with E-state index in [4.69, 9.17) is 10.5 Å². The summed E-state index contributed by atoms with van der Waals surface area (Å²) in [4.78, 5) is 12.2. The second-order valence-corrected chi connectivity index (χ2v) is 4.91. The van der Waals surface area contributed by atoms with E-state index < -0.39 is 0 Å². The molecule has 0 spiro atoms. The first-order chi connectivity index (χ1) is 9.17. The fourth-order valence-corrected chi connectivity index (χ4v) is 2.34. The van der Waals surface area contributed by atoms with Gasteiger partial charge in [0.05, 0.1) is 6.61 Å². The van der Waals surface area contributed by atoms with Crippen LogP contribution in [0.5, 0.6) is 6.01 Å². The Labute approximate surface area is 116 Å². The monoisotopic (exact) mass is 276 g/mol. The number of thioether (sulfide) groups is 1. The van der Waals surface area contributed by atoms with Crippen molar-refractivity contribution in [2.45, 2.75) is 24.8 Å². The first-order valence-electron chi connectivity index (χ1n) is 6.00. The average Bonchev–Trinajstić information content (AvgIpc) is 2.36. The van der Waals surface area contributed by atoms with Crippen molar-refractivity contribution in [3.8, 4) is 6.01 Å². The van der Waals surface area contributed by atoms with Gasteiger partial charge in [-0.15, -0.1) is 0 Å². The van der Waals surface area contributed by atoms with Gasteiger partial charge < -0.3 is 10.5 Å². The average molecular weight is 276 g/mol. The number of nitrogens with zero attached hydrogens (tertiary/aromatic N) is 3. The van der Waals surface area contributed by atoms with Crippen LogP contribution in [0.2, 0.25) is 0 Å². The van der Waals surface area contributed by atoms with Gasteiger partial charge in [-0.2, -0.15) is 15.0 Å². The zero-order valence-electron chi connectivity index (χ0n) is 11.0. The van der Waals surface area contributed by atoms with Crippen molar-refractivity contribution in [1.82, 2.24) is 15.0 Å². The number of benzene rings is 1. The highest BCUT2D eigenvalue weighted by Crippen LogP contribution is 2.21. The van der Waals surface area contributed by atoms with Crippen molar-refractivity contribution >= 4 is 17.7 Å². The Hall–Kier alpha value is -1.82. The van der Waals surface area contributed by atoms with Crippen molar-refractivity contribution < 1.29 is 4.74 Å². The highest BCUT2D eigenvalue weighted by atomic mass is 32.2. The molecule has 2 N–H and O–H groups in total. The lowest BCUT2D eigenvalue weighted by Gasteiger charge is -2.05. The molecule has 19 heavy (non-hydrogen) atoms. The van der Waals surface area contributed by atoms with Gasteiger partial charge in [-0.1, -0.05) is 41.6 Å². The molecule has 1 aromatic heterocycles. The first kappa shape index (κ1) is 13.6. The number of nitrogen functional groups attached to an aromatic ring is 1. The van der Waals surface area contributed by atoms with Crippen molar-refractivity contribution in [1.29, 1.82) is 0 Å². The van der Waals surface area contributed by atoms with Crippen LogP contribution in [-0.4, -0.2) is 21.6 Å². The Morgan fingerprint density at radius 2 is 2.11 bits per heavy atom. The fraction of sp³-hybridized carbons (Fsp3) is 0.308. The number of nitrogens with two attached hydrogens (primary N) is 1. The Bertz CT molecular complexity index is 562. The highest BCUT2D eigenvalue weighted by molar-refractivity contribution is 7.98. The maximum absolute atomic E-state index is 5.63. The van der Waals surface area contributed by atoms with E-state index in [1.54, 1.807) is 0 Å². The van der Waals surface area contributed by atoms with E-state index in [-0.39, 0.29) is 12.0 Å². The molecule has 1 heterocycles. The molecule has 2 rings (SSSR count). The van der Waals surface area contributed by atoms with Crippen molar-refractivity contribution in [2.75, 3.05) is 12.3 Å². The molecule has 0 fully saturated rings. The van der Waals surface area contributed by atoms with Gasteiger partial charge in [0, 0.05) is 5.75 Å². The molecule has 0 unspecified atom stereocenters. The Morgan fingerprint density at radius 3 is 2.84 bits per heavy atom. The van der Waals surface area contributed by atoms with Gasteiger partial charge in [-0.25, -0.2) is 0 Å². The predicted octanol–water partition coefficient (Wildman–Crippen LogP) is 2.45. The molecular weight excluding hydrogens is 260 g/mol. The molecule has 0 saturated heterocycles. The zero-order valence-corrected chi connectivity index (χ0v) is 11.8. The number of hydrogen-bond donors (Lipinski definition) is 1. The molecule has 0 aliphatic carbocycles. The molecule has 1 aromatic carbocycles. The van der Waals surface area contributed by atoms with E-state index in [9.17, 15) is 0 Å². The van der Waals surface area contributed by atoms with E-state index >= 15 is 0 Å². The minimum Gasteiger partial charge on any atom is -0.464 e. The summed E-state index contributed by atoms with van der Waals surface area (Å²) in [5.41, 5.74) is 8.09. The molecule has 0 amide bonds. The van der Waals surface area contributed by atoms with Crippen LogP contribution in [0.4, 0.5) is 5.95 Å². The van der Waals surface area contributed by atoms with Crippen LogP contribution in [0.25, 0.3) is 0 Å². The second-order valence-electron chi connectivity index (χ2n) is 3.97. The van der Waals surface area contributed by atoms with E-state index in [1.807, 2.05) is 13.0 Å². The summed E-state index contributed by atoms with van der Waals surface area (Å²) in [5.74, 6) is 0.974. The molecule has 0 aliphatic rings. The Balaban J connectivity index is 2.06. The van der Waals surface area contributed by atoms with Gasteiger partial charge in [0.25, 0.3) is 0 Å². The Kier molecular flexibility index (Phi) is 4.57. The summed E-state index contributed by atoms with van der Waals surface area (Å²) in [6, 6.07) is 8.61. The lowest BCUT2D eigenvalue weighted by molar-refractivity contribution is 0.308. The van der Waals surface area contributed by atoms with Crippen LogP contribution in [0.15, 0.2) is 29.4 Å². The molecule has 5 nitrogen and oxygen atoms in total. The third-order valence-electron chi connectivity index (χ3n) is 2.34. The van der Waals surface area contributed by atoms with Crippen molar-refractivity contribution in [2.24, 2.45) is 0 Å². The third-order valence-corrected chi connectivity index (χ3v) is 3.25. The van der Waals surface area contributed by atoms with Crippen molar-refractivity contribution in [3.63, 3.8) is 0 Å². The summed E-state index contributed by atoms with van der Waals surface area (Å²) in [5, 5.41) is 0.581. The van der Waals surface area contributed by atoms with E-state index in [0.29, 0.717) is 11.8 Å². The number of rotatable bonds is 5. The van der Waals surface area contributed by atoms with Crippen LogP contribution >= 0.6 is 11.8 Å². The molecule has 0 atom stereocenters. The predicted molar refractivity (Wildman–Crippen MR) is 76.1 cm³/mol. The molecule has 0 radical (unpaired) electrons. The van der Waals surface area contributed by atoms with Gasteiger partial charge in [-0.3, -0.25) is 0 Å². The van der Waals surface area contributed by atoms with Gasteiger partial charge in [-0.05, 0) is 19.4 Å². The molecular formula is C13H16N4OS. The normalized spacial score (nSPS) is 10.4. The van der Waals surface area contributed by atoms with Gasteiger partial charge in [0.1, 0.15) is 0 Å². The van der Waals surface area contributed by atoms with Crippen LogP contribution in [0.1, 0.15) is 18.1 Å². The van der Waals surface area contributed by atoms with E-state index in [2.05, 4.69) is 40.1 Å². The van der Waals surface area contributed by atoms with Crippen LogP contribution in [0.3, 0.4) is 0 Å². The zero-order chi connectivity index (χ0) is 13.7. The quantitative estimate of drug-likeness (QED) is 0.846. The molecule has 100 valence electrons. The number of anilines is 1. The van der Waals surface area contributed by atoms with E-state index in [0.717, 1.165) is 5.75 Å². The molecule has 0 saturated carbocycles. The minimum atomic E-state index is 0.185. The maximum Gasteiger partial charge on any atom is 0.322 e. The maximum atomic E-state index is 5.63. The lowest BCUT2D eigenvalue weighted by Crippen LogP contribution is -2.04. The second kappa shape index (κ2) is 6.38. The largest absolute Gasteiger partial charge is 0.464 e. The molecule has 0 bridgehead atoms. The third kappa shape index (κ3) is 4.10. The van der Waals surface area contributed by atoms with Crippen LogP contribution in [-0.2, 0) is 5.75 Å². The molecule has 6 heteroatoms. The van der Waals surface area contributed by atoms with Crippen LogP contribution < -0.4 is 10.5 Å². The highest BCUT2D eigenvalue weighted by Gasteiger charge is 2.06. The smallest absolute Gasteiger partial charge is 0.322 e. The number of hydrogen-bond acceptors (Lipinski definition) is 6. The topological polar surface area (TPSA) is 73.9 Å². The Morgan fingerprint density at radius 1 is 1.26 bits per heavy atom. The number of aryl methyl sites for hydroxylation is 1. The van der Waals surface area contributed by atoms with Crippen LogP contribution in [0, 0.1) is 6.92 Å². The summed E-state index contributed by atoms with van der Waals surface area (Å²) in [7, 11) is 0. The molecule has 0 aliphatic heterocycles. The minimum absolute atomic E-state index is 0.185. The van der Waals surface area contributed by atoms with Gasteiger partial charge in [0.15, 0.2) is 5.16 Å². The number of ether oxygens (including phenoxy) is 1. The summed E-state index contributed by atoms with van der Waals surface area (Å²) in [6.45, 7) is 4.45. The standard InChI is InChI=1S/C13H16N4OS/c1-3-18-12-15-11(14)16-13(17-12)19-8-10-6-4-5-9(2)7-10/h4-7H,3,8H2,1-2H3,(H2,14,15,16,17). The summed E-state index contributed by atoms with van der Waals surface area (Å²) >= 11 is 1.51. The molecule has 2 aromatic rings. The van der Waals surface area contributed by atoms with Gasteiger partial charge in [0.2, 0.25) is 5.95 Å². The first-order valence-corrected chi connectivity index (χ1v) is 6.98. The van der Waals surface area contributed by atoms with Crippen molar-refractivity contribution in [3.05, 3.63) is 35.4 Å². The number of aromatic nitrogens is 3.